The summed E-state index contributed by atoms with van der Waals surface area (Å²) in [5.41, 5.74) is 3.76. The normalized spacial score (nSPS) is 12.8. The number of carbonyl (C=O) groups is 1. The van der Waals surface area contributed by atoms with E-state index in [1.807, 2.05) is 30.3 Å². The van der Waals surface area contributed by atoms with E-state index in [0.717, 1.165) is 24.2 Å². The molecule has 0 saturated heterocycles. The Bertz CT molecular complexity index is 714. The van der Waals surface area contributed by atoms with Crippen molar-refractivity contribution in [1.29, 1.82) is 0 Å². The zero-order chi connectivity index (χ0) is 16.2. The van der Waals surface area contributed by atoms with Crippen LogP contribution in [0.3, 0.4) is 0 Å². The van der Waals surface area contributed by atoms with Gasteiger partial charge in [0.15, 0.2) is 6.61 Å². The van der Waals surface area contributed by atoms with Gasteiger partial charge in [0.25, 0.3) is 5.91 Å². The predicted octanol–water partition coefficient (Wildman–Crippen LogP) is 3.87. The summed E-state index contributed by atoms with van der Waals surface area (Å²) in [5, 5.41) is 0.678. The Hall–Kier alpha value is -2.00. The van der Waals surface area contributed by atoms with Gasteiger partial charge in [-0.25, -0.2) is 0 Å². The van der Waals surface area contributed by atoms with Crippen molar-refractivity contribution in [2.45, 2.75) is 25.8 Å². The van der Waals surface area contributed by atoms with E-state index in [1.54, 1.807) is 11.9 Å². The van der Waals surface area contributed by atoms with Crippen LogP contribution in [0.5, 0.6) is 5.75 Å². The summed E-state index contributed by atoms with van der Waals surface area (Å²) in [5.74, 6) is 0.723. The number of ether oxygens (including phenoxy) is 1. The van der Waals surface area contributed by atoms with Crippen molar-refractivity contribution in [2.24, 2.45) is 0 Å². The van der Waals surface area contributed by atoms with Crippen LogP contribution < -0.4 is 4.74 Å². The van der Waals surface area contributed by atoms with Crippen LogP contribution in [0, 0.1) is 0 Å². The van der Waals surface area contributed by atoms with Crippen LogP contribution in [0.2, 0.25) is 5.02 Å². The molecule has 0 spiro atoms. The molecule has 0 radical (unpaired) electrons. The summed E-state index contributed by atoms with van der Waals surface area (Å²) in [6.45, 7) is 0.572. The minimum Gasteiger partial charge on any atom is -0.484 e. The summed E-state index contributed by atoms with van der Waals surface area (Å²) >= 11 is 5.97. The lowest BCUT2D eigenvalue weighted by Gasteiger charge is -2.18. The van der Waals surface area contributed by atoms with E-state index in [-0.39, 0.29) is 12.5 Å². The minimum absolute atomic E-state index is 0.0505. The smallest absolute Gasteiger partial charge is 0.260 e. The molecular weight excluding hydrogens is 310 g/mol. The van der Waals surface area contributed by atoms with Gasteiger partial charge in [-0.3, -0.25) is 4.79 Å². The summed E-state index contributed by atoms with van der Waals surface area (Å²) in [6.07, 6.45) is 3.46. The highest BCUT2D eigenvalue weighted by Gasteiger charge is 2.13. The Morgan fingerprint density at radius 3 is 2.83 bits per heavy atom. The van der Waals surface area contributed by atoms with Crippen molar-refractivity contribution in [3.63, 3.8) is 0 Å². The number of hydrogen-bond donors (Lipinski definition) is 0. The molecule has 3 nitrogen and oxygen atoms in total. The highest BCUT2D eigenvalue weighted by atomic mass is 35.5. The van der Waals surface area contributed by atoms with Crippen LogP contribution in [-0.2, 0) is 24.2 Å². The fourth-order valence-electron chi connectivity index (χ4n) is 2.89. The van der Waals surface area contributed by atoms with Crippen LogP contribution in [0.15, 0.2) is 42.5 Å². The second-order valence-electron chi connectivity index (χ2n) is 5.95. The molecule has 2 aromatic rings. The zero-order valence-corrected chi connectivity index (χ0v) is 14.0. The van der Waals surface area contributed by atoms with Gasteiger partial charge in [0, 0.05) is 18.6 Å². The maximum atomic E-state index is 12.2. The summed E-state index contributed by atoms with van der Waals surface area (Å²) in [6, 6.07) is 13.7. The van der Waals surface area contributed by atoms with Gasteiger partial charge in [-0.1, -0.05) is 29.8 Å². The van der Waals surface area contributed by atoms with Crippen LogP contribution in [0.1, 0.15) is 23.1 Å². The molecule has 1 amide bonds. The molecule has 0 fully saturated rings. The molecule has 3 rings (SSSR count). The van der Waals surface area contributed by atoms with Crippen molar-refractivity contribution in [3.05, 3.63) is 64.2 Å². The number of halogens is 1. The highest BCUT2D eigenvalue weighted by molar-refractivity contribution is 6.30. The predicted molar refractivity (Wildman–Crippen MR) is 91.9 cm³/mol. The van der Waals surface area contributed by atoms with Gasteiger partial charge in [0.05, 0.1) is 0 Å². The van der Waals surface area contributed by atoms with E-state index in [4.69, 9.17) is 16.3 Å². The Balaban J connectivity index is 1.54. The van der Waals surface area contributed by atoms with Crippen LogP contribution in [0.25, 0.3) is 0 Å². The molecule has 0 N–H and O–H groups in total. The molecule has 120 valence electrons. The molecule has 4 heteroatoms. The zero-order valence-electron chi connectivity index (χ0n) is 13.2. The number of likely N-dealkylation sites (N-methyl/N-ethyl adjacent to an activating group) is 1. The molecule has 0 aliphatic heterocycles. The third-order valence-corrected chi connectivity index (χ3v) is 4.40. The Morgan fingerprint density at radius 2 is 2.00 bits per heavy atom. The van der Waals surface area contributed by atoms with Gasteiger partial charge in [-0.15, -0.1) is 0 Å². The maximum Gasteiger partial charge on any atom is 0.260 e. The molecule has 2 aromatic carbocycles. The molecular formula is C19H20ClNO2. The first kappa shape index (κ1) is 15.9. The molecule has 0 bridgehead atoms. The topological polar surface area (TPSA) is 29.5 Å². The van der Waals surface area contributed by atoms with Gasteiger partial charge in [-0.2, -0.15) is 0 Å². The van der Waals surface area contributed by atoms with Gasteiger partial charge >= 0.3 is 0 Å². The van der Waals surface area contributed by atoms with E-state index >= 15 is 0 Å². The molecule has 0 aromatic heterocycles. The molecule has 1 aliphatic carbocycles. The summed E-state index contributed by atoms with van der Waals surface area (Å²) in [4.78, 5) is 13.9. The van der Waals surface area contributed by atoms with Gasteiger partial charge in [0.1, 0.15) is 5.75 Å². The molecule has 1 aliphatic rings. The van der Waals surface area contributed by atoms with Crippen LogP contribution >= 0.6 is 11.6 Å². The summed E-state index contributed by atoms with van der Waals surface area (Å²) in [7, 11) is 1.77. The van der Waals surface area contributed by atoms with Crippen molar-refractivity contribution in [1.82, 2.24) is 4.90 Å². The first-order chi connectivity index (χ1) is 11.1. The van der Waals surface area contributed by atoms with Gasteiger partial charge in [0.2, 0.25) is 0 Å². The Kier molecular flexibility index (Phi) is 4.87. The average Bonchev–Trinajstić information content (AvgIpc) is 3.00. The molecule has 0 unspecified atom stereocenters. The molecule has 0 heterocycles. The first-order valence-corrected chi connectivity index (χ1v) is 8.22. The van der Waals surface area contributed by atoms with E-state index < -0.39 is 0 Å². The average molecular weight is 330 g/mol. The fourth-order valence-corrected chi connectivity index (χ4v) is 3.10. The third-order valence-electron chi connectivity index (χ3n) is 4.17. The second-order valence-corrected chi connectivity index (χ2v) is 6.39. The molecule has 0 atom stereocenters. The maximum absolute atomic E-state index is 12.2. The number of fused-ring (bicyclic) bond motifs is 1. The molecule has 23 heavy (non-hydrogen) atoms. The Labute approximate surface area is 141 Å². The SMILES string of the molecule is CN(Cc1cccc(Cl)c1)C(=O)COc1ccc2c(c1)CCC2. The largest absolute Gasteiger partial charge is 0.484 e. The number of aryl methyl sites for hydroxylation is 2. The van der Waals surface area contributed by atoms with E-state index in [0.29, 0.717) is 11.6 Å². The second kappa shape index (κ2) is 7.05. The lowest BCUT2D eigenvalue weighted by atomic mass is 10.1. The first-order valence-electron chi connectivity index (χ1n) is 7.85. The van der Waals surface area contributed by atoms with E-state index in [1.165, 1.54) is 17.5 Å². The van der Waals surface area contributed by atoms with E-state index in [9.17, 15) is 4.79 Å². The monoisotopic (exact) mass is 329 g/mol. The van der Waals surface area contributed by atoms with Crippen molar-refractivity contribution < 1.29 is 9.53 Å². The number of amides is 1. The van der Waals surface area contributed by atoms with Crippen molar-refractivity contribution in [2.75, 3.05) is 13.7 Å². The Morgan fingerprint density at radius 1 is 1.17 bits per heavy atom. The standard InChI is InChI=1S/C19H20ClNO2/c1-21(12-14-4-2-7-17(20)10-14)19(22)13-23-18-9-8-15-5-3-6-16(15)11-18/h2,4,7-11H,3,5-6,12-13H2,1H3. The van der Waals surface area contributed by atoms with E-state index in [2.05, 4.69) is 12.1 Å². The van der Waals surface area contributed by atoms with Crippen molar-refractivity contribution >= 4 is 17.5 Å². The summed E-state index contributed by atoms with van der Waals surface area (Å²) < 4.78 is 5.66. The van der Waals surface area contributed by atoms with Gasteiger partial charge < -0.3 is 9.64 Å². The number of benzene rings is 2. The van der Waals surface area contributed by atoms with Gasteiger partial charge in [-0.05, 0) is 60.2 Å². The van der Waals surface area contributed by atoms with Crippen LogP contribution in [-0.4, -0.2) is 24.5 Å². The lowest BCUT2D eigenvalue weighted by Crippen LogP contribution is -2.30. The number of rotatable bonds is 5. The fraction of sp³-hybridized carbons (Fsp3) is 0.316. The number of hydrogen-bond acceptors (Lipinski definition) is 2. The quantitative estimate of drug-likeness (QED) is 0.833. The number of nitrogens with zero attached hydrogens (tertiary/aromatic N) is 1. The highest BCUT2D eigenvalue weighted by Crippen LogP contribution is 2.26. The lowest BCUT2D eigenvalue weighted by molar-refractivity contribution is -0.132. The number of carbonyl (C=O) groups excluding carboxylic acids is 1. The van der Waals surface area contributed by atoms with Crippen molar-refractivity contribution in [3.8, 4) is 5.75 Å². The van der Waals surface area contributed by atoms with Crippen LogP contribution in [0.4, 0.5) is 0 Å². The third kappa shape index (κ3) is 4.05. The minimum atomic E-state index is -0.0505. The molecule has 0 saturated carbocycles.